The average molecular weight is 298 g/mol. The van der Waals surface area contributed by atoms with E-state index in [0.29, 0.717) is 0 Å². The standard InChI is InChI=1S/C7H7Br.C2H5.Al.2ClH/c8-6-7-4-2-1-3-5-7;1-2;;;/h1-5H,6H2;1H2,2H3;;2*1H/q;;+2;;/p-2. The molecule has 1 aromatic carbocycles. The Hall–Kier alpha value is 0.812. The van der Waals surface area contributed by atoms with E-state index in [9.17, 15) is 0 Å². The van der Waals surface area contributed by atoms with E-state index in [-0.39, 0.29) is 0 Å². The lowest BCUT2D eigenvalue weighted by Gasteiger charge is -1.88. The van der Waals surface area contributed by atoms with Crippen molar-refractivity contribution in [2.45, 2.75) is 17.5 Å². The first-order valence-electron chi connectivity index (χ1n) is 4.08. The van der Waals surface area contributed by atoms with Gasteiger partial charge in [0.15, 0.2) is 0 Å². The van der Waals surface area contributed by atoms with E-state index < -0.39 is 12.3 Å². The van der Waals surface area contributed by atoms with Gasteiger partial charge in [0, 0.05) is 5.33 Å². The summed E-state index contributed by atoms with van der Waals surface area (Å²) in [5.74, 6) is 0. The van der Waals surface area contributed by atoms with Crippen molar-refractivity contribution in [3.05, 3.63) is 35.9 Å². The van der Waals surface area contributed by atoms with Crippen molar-refractivity contribution >= 4 is 48.3 Å². The van der Waals surface area contributed by atoms with Crippen molar-refractivity contribution in [2.75, 3.05) is 0 Å². The fourth-order valence-corrected chi connectivity index (χ4v) is 0.941. The molecule has 0 fully saturated rings. The first-order chi connectivity index (χ1) is 6.20. The second-order valence-electron chi connectivity index (χ2n) is 2.42. The number of alkyl halides is 1. The van der Waals surface area contributed by atoms with Crippen molar-refractivity contribution in [1.82, 2.24) is 0 Å². The number of halogens is 3. The Morgan fingerprint density at radius 2 is 1.69 bits per heavy atom. The summed E-state index contributed by atoms with van der Waals surface area (Å²) in [6.07, 6.45) is 0. The van der Waals surface area contributed by atoms with E-state index in [2.05, 4.69) is 28.1 Å². The normalized spacial score (nSPS) is 8.62. The molecule has 72 valence electrons. The number of benzene rings is 1. The Balaban J connectivity index is 0.000000252. The minimum absolute atomic E-state index is 0.952. The summed E-state index contributed by atoms with van der Waals surface area (Å²) in [6.45, 7) is 2.00. The molecule has 0 aliphatic carbocycles. The lowest BCUT2D eigenvalue weighted by atomic mass is 10.2. The zero-order chi connectivity index (χ0) is 10.1. The molecule has 0 bridgehead atoms. The molecule has 0 aliphatic heterocycles. The third kappa shape index (κ3) is 9.12. The van der Waals surface area contributed by atoms with E-state index in [1.165, 1.54) is 5.56 Å². The number of hydrogen-bond acceptors (Lipinski definition) is 0. The van der Waals surface area contributed by atoms with Crippen LogP contribution >= 0.6 is 36.0 Å². The van der Waals surface area contributed by atoms with Crippen LogP contribution in [0.1, 0.15) is 12.5 Å². The maximum atomic E-state index is 5.37. The quantitative estimate of drug-likeness (QED) is 0.555. The zero-order valence-corrected chi connectivity index (χ0v) is 11.8. The molecular weight excluding hydrogens is 286 g/mol. The maximum Gasteiger partial charge on any atom is 0.519 e. The lowest BCUT2D eigenvalue weighted by Crippen LogP contribution is -1.83. The molecule has 4 heteroatoms. The van der Waals surface area contributed by atoms with Crippen LogP contribution in [0.15, 0.2) is 30.3 Å². The molecular formula is C9H12AlBrCl2. The summed E-state index contributed by atoms with van der Waals surface area (Å²) in [6, 6.07) is 10.3. The van der Waals surface area contributed by atoms with E-state index in [0.717, 1.165) is 10.6 Å². The van der Waals surface area contributed by atoms with Gasteiger partial charge in [0.05, 0.1) is 0 Å². The smallest absolute Gasteiger partial charge is 0.234 e. The molecule has 0 heterocycles. The molecule has 1 aromatic rings. The summed E-state index contributed by atoms with van der Waals surface area (Å²) in [4.78, 5) is 0. The van der Waals surface area contributed by atoms with E-state index in [1.54, 1.807) is 0 Å². The van der Waals surface area contributed by atoms with Gasteiger partial charge in [0.1, 0.15) is 0 Å². The van der Waals surface area contributed by atoms with Crippen LogP contribution in [0.2, 0.25) is 5.28 Å². The van der Waals surface area contributed by atoms with Crippen LogP contribution in [0.25, 0.3) is 0 Å². The molecule has 0 spiro atoms. The maximum absolute atomic E-state index is 5.37. The van der Waals surface area contributed by atoms with Crippen LogP contribution in [0.4, 0.5) is 0 Å². The molecule has 0 saturated heterocycles. The minimum atomic E-state index is -1.21. The van der Waals surface area contributed by atoms with E-state index >= 15 is 0 Å². The van der Waals surface area contributed by atoms with Gasteiger partial charge in [-0.1, -0.05) is 58.5 Å². The van der Waals surface area contributed by atoms with Gasteiger partial charge < -0.3 is 0 Å². The fraction of sp³-hybridized carbons (Fsp3) is 0.333. The van der Waals surface area contributed by atoms with Gasteiger partial charge in [0.25, 0.3) is 0 Å². The largest absolute Gasteiger partial charge is 0.519 e. The Morgan fingerprint density at radius 3 is 1.92 bits per heavy atom. The summed E-state index contributed by atoms with van der Waals surface area (Å²) in [5, 5.41) is 1.93. The molecule has 0 aromatic heterocycles. The molecule has 0 radical (unpaired) electrons. The summed E-state index contributed by atoms with van der Waals surface area (Å²) in [7, 11) is 10.7. The van der Waals surface area contributed by atoms with E-state index in [4.69, 9.17) is 20.1 Å². The van der Waals surface area contributed by atoms with Gasteiger partial charge in [-0.3, -0.25) is 0 Å². The molecule has 0 atom stereocenters. The molecule has 0 saturated carbocycles. The molecule has 13 heavy (non-hydrogen) atoms. The Labute approximate surface area is 101 Å². The Morgan fingerprint density at radius 1 is 1.23 bits per heavy atom. The lowest BCUT2D eigenvalue weighted by molar-refractivity contribution is 1.44. The van der Waals surface area contributed by atoms with Crippen molar-refractivity contribution < 1.29 is 0 Å². The van der Waals surface area contributed by atoms with Crippen LogP contribution in [-0.2, 0) is 5.33 Å². The van der Waals surface area contributed by atoms with Gasteiger partial charge in [0.2, 0.25) is 0 Å². The van der Waals surface area contributed by atoms with Crippen LogP contribution < -0.4 is 0 Å². The highest BCUT2D eigenvalue weighted by Crippen LogP contribution is 2.02. The third-order valence-corrected chi connectivity index (χ3v) is 4.42. The fourth-order valence-electron chi connectivity index (χ4n) is 0.567. The van der Waals surface area contributed by atoms with Crippen molar-refractivity contribution in [3.63, 3.8) is 0 Å². The highest BCUT2D eigenvalue weighted by molar-refractivity contribution is 9.08. The summed E-state index contributed by atoms with van der Waals surface area (Å²) < 4.78 is 0. The third-order valence-electron chi connectivity index (χ3n) is 1.31. The van der Waals surface area contributed by atoms with Crippen LogP contribution in [0.3, 0.4) is 0 Å². The predicted octanol–water partition coefficient (Wildman–Crippen LogP) is 4.55. The topological polar surface area (TPSA) is 0 Å². The SMILES string of the molecule is BrCc1ccccc1.C[CH2][Al]([Cl])[Cl]. The molecule has 0 unspecified atom stereocenters. The van der Waals surface area contributed by atoms with Gasteiger partial charge in [-0.15, -0.1) is 0 Å². The van der Waals surface area contributed by atoms with Crippen LogP contribution in [0.5, 0.6) is 0 Å². The molecule has 0 nitrogen and oxygen atoms in total. The van der Waals surface area contributed by atoms with E-state index in [1.807, 2.05) is 25.1 Å². The van der Waals surface area contributed by atoms with Gasteiger partial charge in [-0.25, -0.2) is 20.1 Å². The molecule has 0 amide bonds. The number of hydrogen-bond donors (Lipinski definition) is 0. The van der Waals surface area contributed by atoms with Crippen LogP contribution in [0, 0.1) is 0 Å². The zero-order valence-electron chi connectivity index (χ0n) is 7.51. The Kier molecular flexibility index (Phi) is 9.96. The second-order valence-corrected chi connectivity index (χ2v) is 8.41. The summed E-state index contributed by atoms with van der Waals surface area (Å²) in [5.41, 5.74) is 1.33. The predicted molar refractivity (Wildman–Crippen MR) is 67.0 cm³/mol. The second kappa shape index (κ2) is 9.37. The monoisotopic (exact) mass is 296 g/mol. The van der Waals surface area contributed by atoms with Gasteiger partial charge in [-0.2, -0.15) is 0 Å². The van der Waals surface area contributed by atoms with Crippen molar-refractivity contribution in [2.24, 2.45) is 0 Å². The molecule has 1 rings (SSSR count). The number of rotatable bonds is 2. The highest BCUT2D eigenvalue weighted by atomic mass is 79.9. The average Bonchev–Trinajstić information content (AvgIpc) is 2.20. The van der Waals surface area contributed by atoms with Gasteiger partial charge >= 0.3 is 12.3 Å². The van der Waals surface area contributed by atoms with Crippen molar-refractivity contribution in [3.8, 4) is 0 Å². The first-order valence-corrected chi connectivity index (χ1v) is 9.51. The highest BCUT2D eigenvalue weighted by Gasteiger charge is 2.03. The summed E-state index contributed by atoms with van der Waals surface area (Å²) >= 11 is 2.15. The van der Waals surface area contributed by atoms with Gasteiger partial charge in [-0.05, 0) is 5.56 Å². The Bertz CT molecular complexity index is 204. The van der Waals surface area contributed by atoms with Crippen LogP contribution in [-0.4, -0.2) is 12.3 Å². The molecule has 0 aliphatic rings. The minimum Gasteiger partial charge on any atom is -0.234 e. The van der Waals surface area contributed by atoms with Crippen molar-refractivity contribution in [1.29, 1.82) is 0 Å². The molecule has 0 N–H and O–H groups in total. The first kappa shape index (κ1) is 13.8.